The van der Waals surface area contributed by atoms with Gasteiger partial charge >= 0.3 is 6.03 Å². The summed E-state index contributed by atoms with van der Waals surface area (Å²) in [4.78, 5) is 12.3. The summed E-state index contributed by atoms with van der Waals surface area (Å²) in [5.74, 6) is 0. The van der Waals surface area contributed by atoms with Crippen LogP contribution in [0, 0.1) is 0 Å². The summed E-state index contributed by atoms with van der Waals surface area (Å²) >= 11 is 0. The zero-order valence-corrected chi connectivity index (χ0v) is 16.1. The Labute approximate surface area is 164 Å². The van der Waals surface area contributed by atoms with Crippen molar-refractivity contribution in [2.45, 2.75) is 17.9 Å². The number of nitrogens with one attached hydrogen (secondary N) is 3. The predicted molar refractivity (Wildman–Crippen MR) is 111 cm³/mol. The molecule has 0 fully saturated rings. The van der Waals surface area contributed by atoms with Gasteiger partial charge in [-0.05, 0) is 48.9 Å². The lowest BCUT2D eigenvalue weighted by molar-refractivity contribution is 0.262. The van der Waals surface area contributed by atoms with E-state index in [1.54, 1.807) is 73.7 Å². The molecule has 3 N–H and O–H groups in total. The first-order chi connectivity index (χ1) is 13.4. The van der Waals surface area contributed by atoms with E-state index in [9.17, 15) is 13.2 Å². The lowest BCUT2D eigenvalue weighted by Crippen LogP contribution is -2.26. The summed E-state index contributed by atoms with van der Waals surface area (Å²) in [7, 11) is -3.60. The Morgan fingerprint density at radius 2 is 1.25 bits per heavy atom. The van der Waals surface area contributed by atoms with Crippen molar-refractivity contribution in [1.29, 1.82) is 0 Å². The number of urea groups is 1. The van der Waals surface area contributed by atoms with Crippen LogP contribution in [0.5, 0.6) is 0 Å². The van der Waals surface area contributed by atoms with Gasteiger partial charge in [0.15, 0.2) is 0 Å². The molecule has 0 unspecified atom stereocenters. The molecular formula is C21H21N3O3S. The Bertz CT molecular complexity index is 1020. The fraction of sp³-hybridized carbons (Fsp3) is 0.0952. The van der Waals surface area contributed by atoms with E-state index in [1.807, 2.05) is 18.2 Å². The third kappa shape index (κ3) is 5.18. The van der Waals surface area contributed by atoms with Gasteiger partial charge in [0.25, 0.3) is 0 Å². The topological polar surface area (TPSA) is 87.3 Å². The van der Waals surface area contributed by atoms with Crippen molar-refractivity contribution in [2.75, 3.05) is 10.6 Å². The Kier molecular flexibility index (Phi) is 6.08. The largest absolute Gasteiger partial charge is 0.323 e. The molecular weight excluding hydrogens is 374 g/mol. The van der Waals surface area contributed by atoms with Gasteiger partial charge in [-0.25, -0.2) is 17.9 Å². The van der Waals surface area contributed by atoms with Crippen LogP contribution in [0.2, 0.25) is 0 Å². The highest BCUT2D eigenvalue weighted by molar-refractivity contribution is 7.89. The van der Waals surface area contributed by atoms with Crippen molar-refractivity contribution in [3.05, 3.63) is 90.5 Å². The number of carbonyl (C=O) groups is 1. The van der Waals surface area contributed by atoms with Gasteiger partial charge in [-0.15, -0.1) is 0 Å². The standard InChI is InChI=1S/C21H21N3O3S/c1-16(24-28(26,27)20-10-6-3-7-11-20)17-12-14-19(15-13-17)23-21(25)22-18-8-4-2-5-9-18/h2-16,24H,1H3,(H2,22,23,25)/t16-/m0/s1. The van der Waals surface area contributed by atoms with E-state index in [1.165, 1.54) is 0 Å². The lowest BCUT2D eigenvalue weighted by Gasteiger charge is -2.15. The van der Waals surface area contributed by atoms with E-state index in [2.05, 4.69) is 15.4 Å². The zero-order valence-electron chi connectivity index (χ0n) is 15.3. The van der Waals surface area contributed by atoms with Gasteiger partial charge < -0.3 is 10.6 Å². The van der Waals surface area contributed by atoms with E-state index >= 15 is 0 Å². The van der Waals surface area contributed by atoms with E-state index in [0.29, 0.717) is 11.4 Å². The van der Waals surface area contributed by atoms with Gasteiger partial charge in [0, 0.05) is 17.4 Å². The minimum absolute atomic E-state index is 0.220. The third-order valence-electron chi connectivity index (χ3n) is 4.09. The Morgan fingerprint density at radius 1 is 0.750 bits per heavy atom. The van der Waals surface area contributed by atoms with Gasteiger partial charge in [-0.2, -0.15) is 0 Å². The molecule has 0 saturated heterocycles. The maximum atomic E-state index is 12.4. The maximum Gasteiger partial charge on any atom is 0.323 e. The second-order valence-corrected chi connectivity index (χ2v) is 7.94. The molecule has 144 valence electrons. The maximum absolute atomic E-state index is 12.4. The molecule has 0 radical (unpaired) electrons. The van der Waals surface area contributed by atoms with Crippen LogP contribution in [0.1, 0.15) is 18.5 Å². The van der Waals surface area contributed by atoms with Gasteiger partial charge in [0.2, 0.25) is 10.0 Å². The molecule has 3 rings (SSSR count). The number of benzene rings is 3. The van der Waals surface area contributed by atoms with Crippen molar-refractivity contribution < 1.29 is 13.2 Å². The predicted octanol–water partition coefficient (Wildman–Crippen LogP) is 4.37. The fourth-order valence-corrected chi connectivity index (χ4v) is 3.89. The van der Waals surface area contributed by atoms with Crippen molar-refractivity contribution in [1.82, 2.24) is 4.72 Å². The number of sulfonamides is 1. The SMILES string of the molecule is C[C@H](NS(=O)(=O)c1ccccc1)c1ccc(NC(=O)Nc2ccccc2)cc1. The molecule has 0 bridgehead atoms. The summed E-state index contributed by atoms with van der Waals surface area (Å²) in [6.45, 7) is 1.77. The molecule has 0 saturated carbocycles. The monoisotopic (exact) mass is 395 g/mol. The van der Waals surface area contributed by atoms with Crippen LogP contribution in [0.4, 0.5) is 16.2 Å². The van der Waals surface area contributed by atoms with E-state index in [-0.39, 0.29) is 10.9 Å². The first kappa shape index (κ1) is 19.6. The van der Waals surface area contributed by atoms with Crippen LogP contribution in [0.3, 0.4) is 0 Å². The third-order valence-corrected chi connectivity index (χ3v) is 5.64. The van der Waals surface area contributed by atoms with Crippen LogP contribution in [0.15, 0.2) is 89.8 Å². The average molecular weight is 395 g/mol. The number of carbonyl (C=O) groups excluding carboxylic acids is 1. The molecule has 0 spiro atoms. The highest BCUT2D eigenvalue weighted by Crippen LogP contribution is 2.19. The summed E-state index contributed by atoms with van der Waals surface area (Å²) < 4.78 is 27.5. The number of hydrogen-bond acceptors (Lipinski definition) is 3. The quantitative estimate of drug-likeness (QED) is 0.579. The Morgan fingerprint density at radius 3 is 1.82 bits per heavy atom. The highest BCUT2D eigenvalue weighted by Gasteiger charge is 2.18. The van der Waals surface area contributed by atoms with Crippen LogP contribution in [0.25, 0.3) is 0 Å². The normalized spacial score (nSPS) is 12.2. The van der Waals surface area contributed by atoms with E-state index in [0.717, 1.165) is 5.56 Å². The molecule has 0 aromatic heterocycles. The molecule has 6 nitrogen and oxygen atoms in total. The van der Waals surface area contributed by atoms with E-state index < -0.39 is 16.1 Å². The summed E-state index contributed by atoms with van der Waals surface area (Å²) in [5.41, 5.74) is 2.09. The molecule has 28 heavy (non-hydrogen) atoms. The summed E-state index contributed by atoms with van der Waals surface area (Å²) in [6, 6.07) is 23.6. The van der Waals surface area contributed by atoms with Crippen molar-refractivity contribution in [3.8, 4) is 0 Å². The Balaban J connectivity index is 1.61. The number of anilines is 2. The van der Waals surface area contributed by atoms with Crippen molar-refractivity contribution >= 4 is 27.4 Å². The number of rotatable bonds is 6. The molecule has 0 aliphatic rings. The van der Waals surface area contributed by atoms with Gasteiger partial charge in [0.1, 0.15) is 0 Å². The smallest absolute Gasteiger partial charge is 0.308 e. The fourth-order valence-electron chi connectivity index (χ4n) is 2.64. The van der Waals surface area contributed by atoms with Crippen LogP contribution in [-0.2, 0) is 10.0 Å². The van der Waals surface area contributed by atoms with Crippen LogP contribution in [-0.4, -0.2) is 14.4 Å². The van der Waals surface area contributed by atoms with E-state index in [4.69, 9.17) is 0 Å². The second-order valence-electron chi connectivity index (χ2n) is 6.22. The van der Waals surface area contributed by atoms with Crippen molar-refractivity contribution in [3.63, 3.8) is 0 Å². The summed E-state index contributed by atoms with van der Waals surface area (Å²) in [6.07, 6.45) is 0. The van der Waals surface area contributed by atoms with Gasteiger partial charge in [-0.3, -0.25) is 0 Å². The number of hydrogen-bond donors (Lipinski definition) is 3. The van der Waals surface area contributed by atoms with Crippen LogP contribution < -0.4 is 15.4 Å². The molecule has 0 aliphatic heterocycles. The molecule has 3 aromatic carbocycles. The lowest BCUT2D eigenvalue weighted by atomic mass is 10.1. The van der Waals surface area contributed by atoms with Crippen molar-refractivity contribution in [2.24, 2.45) is 0 Å². The highest BCUT2D eigenvalue weighted by atomic mass is 32.2. The first-order valence-corrected chi connectivity index (χ1v) is 10.2. The minimum Gasteiger partial charge on any atom is -0.308 e. The molecule has 2 amide bonds. The molecule has 0 heterocycles. The molecule has 1 atom stereocenters. The molecule has 3 aromatic rings. The zero-order chi connectivity index (χ0) is 20.0. The number of para-hydroxylation sites is 1. The second kappa shape index (κ2) is 8.69. The Hall–Kier alpha value is -3.16. The summed E-state index contributed by atoms with van der Waals surface area (Å²) in [5, 5.41) is 5.48. The van der Waals surface area contributed by atoms with Gasteiger partial charge in [0.05, 0.1) is 4.90 Å². The van der Waals surface area contributed by atoms with Gasteiger partial charge in [-0.1, -0.05) is 48.5 Å². The molecule has 0 aliphatic carbocycles. The van der Waals surface area contributed by atoms with Crippen LogP contribution >= 0.6 is 0 Å². The number of amides is 2. The molecule has 7 heteroatoms. The average Bonchev–Trinajstić information content (AvgIpc) is 2.69. The minimum atomic E-state index is -3.60. The first-order valence-electron chi connectivity index (χ1n) is 8.74.